The van der Waals surface area contributed by atoms with Crippen molar-refractivity contribution in [3.05, 3.63) is 35.5 Å². The van der Waals surface area contributed by atoms with Crippen molar-refractivity contribution in [3.8, 4) is 5.75 Å². The number of nitrogens with zero attached hydrogens (tertiary/aromatic N) is 2. The number of aromatic nitrogens is 1. The first-order chi connectivity index (χ1) is 11.2. The molecule has 0 aliphatic heterocycles. The van der Waals surface area contributed by atoms with E-state index in [9.17, 15) is 4.79 Å². The van der Waals surface area contributed by atoms with Crippen LogP contribution in [0.25, 0.3) is 17.0 Å². The van der Waals surface area contributed by atoms with Gasteiger partial charge in [-0.05, 0) is 36.6 Å². The Morgan fingerprint density at radius 2 is 2.30 bits per heavy atom. The van der Waals surface area contributed by atoms with Crippen molar-refractivity contribution in [3.63, 3.8) is 0 Å². The summed E-state index contributed by atoms with van der Waals surface area (Å²) in [5.41, 5.74) is 5.29. The normalized spacial score (nSPS) is 12.0. The molecule has 0 saturated heterocycles. The molecule has 2 rings (SSSR count). The first kappa shape index (κ1) is 16.7. The lowest BCUT2D eigenvalue weighted by atomic mass is 10.1. The molecule has 1 aromatic carbocycles. The van der Waals surface area contributed by atoms with E-state index in [-0.39, 0.29) is 0 Å². The number of azo groups is 1. The molecule has 4 N–H and O–H groups in total. The Morgan fingerprint density at radius 3 is 3.00 bits per heavy atom. The van der Waals surface area contributed by atoms with E-state index in [1.807, 2.05) is 29.8 Å². The fourth-order valence-corrected chi connectivity index (χ4v) is 2.28. The second-order valence-corrected chi connectivity index (χ2v) is 4.98. The molecule has 0 saturated carbocycles. The van der Waals surface area contributed by atoms with Gasteiger partial charge in [-0.25, -0.2) is 10.6 Å². The number of hydrogen-bond donors (Lipinski definition) is 3. The number of nitrogens with one attached hydrogen (secondary N) is 2. The number of aromatic amines is 1. The first-order valence-electron chi connectivity index (χ1n) is 7.40. The van der Waals surface area contributed by atoms with Crippen LogP contribution in [0, 0.1) is 0 Å². The summed E-state index contributed by atoms with van der Waals surface area (Å²) in [5.74, 6) is 5.75. The average Bonchev–Trinajstić information content (AvgIpc) is 2.99. The summed E-state index contributed by atoms with van der Waals surface area (Å²) in [7, 11) is 1.66. The molecule has 0 aliphatic carbocycles. The van der Waals surface area contributed by atoms with Gasteiger partial charge in [-0.2, -0.15) is 5.11 Å². The third-order valence-corrected chi connectivity index (χ3v) is 3.55. The first-order valence-corrected chi connectivity index (χ1v) is 7.40. The number of H-pyrrole nitrogens is 1. The molecule has 7 heteroatoms. The number of rotatable bonds is 6. The van der Waals surface area contributed by atoms with Gasteiger partial charge in [-0.1, -0.05) is 23.7 Å². The van der Waals surface area contributed by atoms with Gasteiger partial charge in [0, 0.05) is 17.1 Å². The second-order valence-electron chi connectivity index (χ2n) is 4.98. The van der Waals surface area contributed by atoms with E-state index in [4.69, 9.17) is 10.6 Å². The number of carbonyl (C=O) groups is 1. The zero-order chi connectivity index (χ0) is 16.7. The summed E-state index contributed by atoms with van der Waals surface area (Å²) in [5, 5.41) is 8.34. The number of hydrogen-bond acceptors (Lipinski definition) is 4. The lowest BCUT2D eigenvalue weighted by molar-refractivity contribution is 0.248. The van der Waals surface area contributed by atoms with Crippen molar-refractivity contribution >= 4 is 23.0 Å². The van der Waals surface area contributed by atoms with E-state index in [1.165, 1.54) is 5.57 Å². The Hall–Kier alpha value is -2.67. The van der Waals surface area contributed by atoms with Crippen LogP contribution in [0.2, 0.25) is 0 Å². The minimum Gasteiger partial charge on any atom is -0.497 e. The van der Waals surface area contributed by atoms with Crippen LogP contribution in [0.4, 0.5) is 4.79 Å². The van der Waals surface area contributed by atoms with Gasteiger partial charge in [0.2, 0.25) is 0 Å². The van der Waals surface area contributed by atoms with Gasteiger partial charge < -0.3 is 9.72 Å². The van der Waals surface area contributed by atoms with Gasteiger partial charge in [-0.15, -0.1) is 0 Å². The Morgan fingerprint density at radius 1 is 1.48 bits per heavy atom. The molecule has 0 fully saturated rings. The minimum atomic E-state index is -0.643. The summed E-state index contributed by atoms with van der Waals surface area (Å²) in [6.45, 7) is 2.53. The van der Waals surface area contributed by atoms with E-state index < -0.39 is 6.03 Å². The SMILES string of the molecule is CCC(=Cc1c[nH]c2ccc(OC)cc12)CCN=NC(=O)NN. The van der Waals surface area contributed by atoms with Crippen molar-refractivity contribution in [2.75, 3.05) is 13.7 Å². The Kier molecular flexibility index (Phi) is 5.87. The molecule has 2 aromatic rings. The van der Waals surface area contributed by atoms with Crippen LogP contribution in [0.5, 0.6) is 5.75 Å². The highest BCUT2D eigenvalue weighted by Crippen LogP contribution is 2.26. The number of amides is 2. The number of benzene rings is 1. The number of hydrazine groups is 1. The predicted octanol–water partition coefficient (Wildman–Crippen LogP) is 3.40. The van der Waals surface area contributed by atoms with Gasteiger partial charge in [-0.3, -0.25) is 5.43 Å². The quantitative estimate of drug-likeness (QED) is 0.329. The molecule has 0 spiro atoms. The van der Waals surface area contributed by atoms with Crippen LogP contribution < -0.4 is 16.0 Å². The lowest BCUT2D eigenvalue weighted by Crippen LogP contribution is -2.26. The average molecular weight is 315 g/mol. The fraction of sp³-hybridized carbons (Fsp3) is 0.312. The number of urea groups is 1. The van der Waals surface area contributed by atoms with E-state index >= 15 is 0 Å². The monoisotopic (exact) mass is 315 g/mol. The van der Waals surface area contributed by atoms with Crippen molar-refractivity contribution in [1.82, 2.24) is 10.4 Å². The molecular weight excluding hydrogens is 294 g/mol. The van der Waals surface area contributed by atoms with E-state index in [1.54, 1.807) is 7.11 Å². The molecule has 0 bridgehead atoms. The van der Waals surface area contributed by atoms with Crippen LogP contribution in [0.15, 0.2) is 40.2 Å². The molecule has 0 radical (unpaired) electrons. The van der Waals surface area contributed by atoms with Gasteiger partial charge in [0.15, 0.2) is 0 Å². The number of fused-ring (bicyclic) bond motifs is 1. The highest BCUT2D eigenvalue weighted by molar-refractivity contribution is 5.90. The summed E-state index contributed by atoms with van der Waals surface area (Å²) < 4.78 is 5.28. The number of ether oxygens (including phenoxy) is 1. The van der Waals surface area contributed by atoms with Crippen LogP contribution in [0.1, 0.15) is 25.3 Å². The summed E-state index contributed by atoms with van der Waals surface area (Å²) >= 11 is 0. The molecule has 0 unspecified atom stereocenters. The van der Waals surface area contributed by atoms with Gasteiger partial charge >= 0.3 is 6.03 Å². The van der Waals surface area contributed by atoms with Crippen LogP contribution in [0.3, 0.4) is 0 Å². The van der Waals surface area contributed by atoms with Crippen LogP contribution in [-0.2, 0) is 0 Å². The van der Waals surface area contributed by atoms with Crippen LogP contribution in [-0.4, -0.2) is 24.7 Å². The van der Waals surface area contributed by atoms with Crippen molar-refractivity contribution < 1.29 is 9.53 Å². The van der Waals surface area contributed by atoms with Gasteiger partial charge in [0.25, 0.3) is 0 Å². The van der Waals surface area contributed by atoms with Gasteiger partial charge in [0.05, 0.1) is 13.7 Å². The minimum absolute atomic E-state index is 0.443. The fourth-order valence-electron chi connectivity index (χ4n) is 2.28. The van der Waals surface area contributed by atoms with Crippen molar-refractivity contribution in [2.45, 2.75) is 19.8 Å². The third kappa shape index (κ3) is 4.40. The standard InChI is InChI=1S/C16H21N5O2/c1-3-11(6-7-19-21-16(22)20-17)8-12-10-18-15-5-4-13(23-2)9-14(12)15/h4-5,8-10,18H,3,6-7,17H2,1-2H3,(H,20,22). The number of methoxy groups -OCH3 is 1. The number of carbonyl (C=O) groups excluding carboxylic acids is 1. The van der Waals surface area contributed by atoms with E-state index in [0.29, 0.717) is 6.54 Å². The zero-order valence-electron chi connectivity index (χ0n) is 13.3. The topological polar surface area (TPSA) is 105 Å². The predicted molar refractivity (Wildman–Crippen MR) is 90.2 cm³/mol. The molecule has 0 aliphatic rings. The maximum atomic E-state index is 10.9. The second kappa shape index (κ2) is 8.09. The largest absolute Gasteiger partial charge is 0.497 e. The lowest BCUT2D eigenvalue weighted by Gasteiger charge is -2.03. The van der Waals surface area contributed by atoms with Crippen molar-refractivity contribution in [2.24, 2.45) is 16.1 Å². The van der Waals surface area contributed by atoms with Gasteiger partial charge in [0.1, 0.15) is 5.75 Å². The molecule has 1 heterocycles. The Balaban J connectivity index is 2.14. The third-order valence-electron chi connectivity index (χ3n) is 3.55. The Bertz CT molecular complexity index is 733. The van der Waals surface area contributed by atoms with Crippen LogP contribution >= 0.6 is 0 Å². The smallest absolute Gasteiger partial charge is 0.373 e. The van der Waals surface area contributed by atoms with Crippen molar-refractivity contribution in [1.29, 1.82) is 0 Å². The zero-order valence-corrected chi connectivity index (χ0v) is 13.3. The molecule has 1 aromatic heterocycles. The van der Waals surface area contributed by atoms with E-state index in [2.05, 4.69) is 28.2 Å². The maximum Gasteiger partial charge on any atom is 0.373 e. The highest BCUT2D eigenvalue weighted by atomic mass is 16.5. The molecule has 7 nitrogen and oxygen atoms in total. The highest BCUT2D eigenvalue weighted by Gasteiger charge is 2.04. The maximum absolute atomic E-state index is 10.9. The molecule has 23 heavy (non-hydrogen) atoms. The summed E-state index contributed by atoms with van der Waals surface area (Å²) in [6.07, 6.45) is 5.74. The molecule has 0 atom stereocenters. The summed E-state index contributed by atoms with van der Waals surface area (Å²) in [6, 6.07) is 5.29. The molecular formula is C16H21N5O2. The molecule has 2 amide bonds. The molecule has 122 valence electrons. The Labute approximate surface area is 134 Å². The number of nitrogens with two attached hydrogens (primary N) is 1. The summed E-state index contributed by atoms with van der Waals surface area (Å²) in [4.78, 5) is 14.1. The van der Waals surface area contributed by atoms with E-state index in [0.717, 1.165) is 35.1 Å².